The highest BCUT2D eigenvalue weighted by atomic mass is 32.2. The quantitative estimate of drug-likeness (QED) is 0.453. The highest BCUT2D eigenvalue weighted by Gasteiger charge is 2.20. The second-order valence-electron chi connectivity index (χ2n) is 6.74. The largest absolute Gasteiger partial charge is 0.497 e. The first-order valence-electron chi connectivity index (χ1n) is 9.45. The Labute approximate surface area is 183 Å². The van der Waals surface area contributed by atoms with Crippen molar-refractivity contribution in [2.24, 2.45) is 0 Å². The first-order valence-corrected chi connectivity index (χ1v) is 10.9. The number of fused-ring (bicyclic) bond motifs is 1. The van der Waals surface area contributed by atoms with E-state index in [1.807, 2.05) is 0 Å². The van der Waals surface area contributed by atoms with Crippen molar-refractivity contribution in [3.63, 3.8) is 0 Å². The summed E-state index contributed by atoms with van der Waals surface area (Å²) in [5.74, 6) is 0.454. The number of nitrogens with one attached hydrogen (secondary N) is 1. The standard InChI is InChI=1S/C22H19N3O6S/c1-29-16-8-17(30-2)10-19(9-16)32(27,28)18-4-3-15(24-12-18)11-25-22(26)20-7-14-5-6-23-13-21(14)31-20/h3-10,12-13H,11H2,1-2H3,(H,25,26). The molecule has 1 aromatic carbocycles. The summed E-state index contributed by atoms with van der Waals surface area (Å²) < 4.78 is 41.7. The van der Waals surface area contributed by atoms with Crippen molar-refractivity contribution < 1.29 is 27.1 Å². The summed E-state index contributed by atoms with van der Waals surface area (Å²) in [7, 11) is -0.956. The summed E-state index contributed by atoms with van der Waals surface area (Å²) in [6.45, 7) is 0.0986. The molecule has 1 amide bonds. The predicted molar refractivity (Wildman–Crippen MR) is 114 cm³/mol. The van der Waals surface area contributed by atoms with E-state index in [1.165, 1.54) is 50.9 Å². The molecule has 4 aromatic rings. The summed E-state index contributed by atoms with van der Waals surface area (Å²) in [4.78, 5) is 20.5. The zero-order valence-electron chi connectivity index (χ0n) is 17.2. The number of hydrogen-bond acceptors (Lipinski definition) is 8. The maximum absolute atomic E-state index is 13.0. The number of carbonyl (C=O) groups is 1. The number of hydrogen-bond donors (Lipinski definition) is 1. The van der Waals surface area contributed by atoms with Gasteiger partial charge in [0.05, 0.1) is 42.4 Å². The average molecular weight is 453 g/mol. The summed E-state index contributed by atoms with van der Waals surface area (Å²) in [6, 6.07) is 10.7. The van der Waals surface area contributed by atoms with E-state index in [2.05, 4.69) is 15.3 Å². The van der Waals surface area contributed by atoms with E-state index in [1.54, 1.807) is 24.4 Å². The molecule has 1 N–H and O–H groups in total. The van der Waals surface area contributed by atoms with Crippen LogP contribution in [0.15, 0.2) is 75.3 Å². The molecule has 0 bridgehead atoms. The summed E-state index contributed by atoms with van der Waals surface area (Å²) >= 11 is 0. The Kier molecular flexibility index (Phi) is 5.78. The Hall–Kier alpha value is -3.92. The molecule has 0 fully saturated rings. The van der Waals surface area contributed by atoms with Gasteiger partial charge in [0, 0.05) is 23.8 Å². The van der Waals surface area contributed by atoms with Gasteiger partial charge >= 0.3 is 0 Å². The van der Waals surface area contributed by atoms with Gasteiger partial charge in [0.1, 0.15) is 11.5 Å². The lowest BCUT2D eigenvalue weighted by molar-refractivity contribution is 0.0925. The van der Waals surface area contributed by atoms with Crippen molar-refractivity contribution in [2.75, 3.05) is 14.2 Å². The van der Waals surface area contributed by atoms with Crippen LogP contribution in [0.3, 0.4) is 0 Å². The van der Waals surface area contributed by atoms with Crippen molar-refractivity contribution in [3.8, 4) is 11.5 Å². The van der Waals surface area contributed by atoms with Gasteiger partial charge in [0.15, 0.2) is 11.3 Å². The van der Waals surface area contributed by atoms with Crippen molar-refractivity contribution in [3.05, 3.63) is 72.5 Å². The second-order valence-corrected chi connectivity index (χ2v) is 8.69. The smallest absolute Gasteiger partial charge is 0.287 e. The van der Waals surface area contributed by atoms with E-state index in [0.717, 1.165) is 5.39 Å². The number of methoxy groups -OCH3 is 2. The van der Waals surface area contributed by atoms with Gasteiger partial charge in [-0.2, -0.15) is 0 Å². The van der Waals surface area contributed by atoms with Crippen LogP contribution in [0, 0.1) is 0 Å². The zero-order valence-corrected chi connectivity index (χ0v) is 18.0. The molecule has 10 heteroatoms. The number of sulfone groups is 1. The number of pyridine rings is 2. The summed E-state index contributed by atoms with van der Waals surface area (Å²) in [5.41, 5.74) is 0.998. The normalized spacial score (nSPS) is 11.3. The highest BCUT2D eigenvalue weighted by Crippen LogP contribution is 2.29. The lowest BCUT2D eigenvalue weighted by Crippen LogP contribution is -2.22. The van der Waals surface area contributed by atoms with Crippen molar-refractivity contribution >= 4 is 26.7 Å². The Bertz CT molecular complexity index is 1330. The van der Waals surface area contributed by atoms with Crippen molar-refractivity contribution in [1.82, 2.24) is 15.3 Å². The minimum Gasteiger partial charge on any atom is -0.497 e. The van der Waals surface area contributed by atoms with Crippen LogP contribution in [0.4, 0.5) is 0 Å². The zero-order chi connectivity index (χ0) is 22.7. The molecule has 3 aromatic heterocycles. The maximum Gasteiger partial charge on any atom is 0.287 e. The third-order valence-corrected chi connectivity index (χ3v) is 6.44. The first-order chi connectivity index (χ1) is 15.4. The number of aromatic nitrogens is 2. The molecule has 9 nitrogen and oxygen atoms in total. The molecule has 0 radical (unpaired) electrons. The van der Waals surface area contributed by atoms with Gasteiger partial charge in [0.2, 0.25) is 9.84 Å². The van der Waals surface area contributed by atoms with Gasteiger partial charge < -0.3 is 19.2 Å². The molecular weight excluding hydrogens is 434 g/mol. The molecule has 3 heterocycles. The van der Waals surface area contributed by atoms with Crippen molar-refractivity contribution in [2.45, 2.75) is 16.3 Å². The fourth-order valence-electron chi connectivity index (χ4n) is 3.00. The Morgan fingerprint density at radius 1 is 1.00 bits per heavy atom. The fourth-order valence-corrected chi connectivity index (χ4v) is 4.25. The number of nitrogens with zero attached hydrogens (tertiary/aromatic N) is 2. The van der Waals surface area contributed by atoms with Gasteiger partial charge in [-0.15, -0.1) is 0 Å². The van der Waals surface area contributed by atoms with E-state index in [4.69, 9.17) is 13.9 Å². The number of carbonyl (C=O) groups excluding carboxylic acids is 1. The van der Waals surface area contributed by atoms with Gasteiger partial charge in [0.25, 0.3) is 5.91 Å². The SMILES string of the molecule is COc1cc(OC)cc(S(=O)(=O)c2ccc(CNC(=O)c3cc4ccncc4o3)nc2)c1. The molecule has 0 aliphatic rings. The minimum atomic E-state index is -3.84. The third kappa shape index (κ3) is 4.26. The first kappa shape index (κ1) is 21.3. The average Bonchev–Trinajstić information content (AvgIpc) is 3.27. The summed E-state index contributed by atoms with van der Waals surface area (Å²) in [6.07, 6.45) is 4.39. The number of ether oxygens (including phenoxy) is 2. The van der Waals surface area contributed by atoms with Crippen LogP contribution in [-0.4, -0.2) is 38.5 Å². The third-order valence-electron chi connectivity index (χ3n) is 4.72. The lowest BCUT2D eigenvalue weighted by Gasteiger charge is -2.10. The Morgan fingerprint density at radius 3 is 2.38 bits per heavy atom. The van der Waals surface area contributed by atoms with Crippen molar-refractivity contribution in [1.29, 1.82) is 0 Å². The van der Waals surface area contributed by atoms with Crippen LogP contribution in [0.5, 0.6) is 11.5 Å². The van der Waals surface area contributed by atoms with Crippen LogP contribution in [-0.2, 0) is 16.4 Å². The molecule has 0 aliphatic carbocycles. The molecule has 0 atom stereocenters. The Balaban J connectivity index is 1.48. The van der Waals surface area contributed by atoms with E-state index < -0.39 is 15.7 Å². The highest BCUT2D eigenvalue weighted by molar-refractivity contribution is 7.91. The Morgan fingerprint density at radius 2 is 1.75 bits per heavy atom. The molecule has 0 aliphatic heterocycles. The number of rotatable bonds is 7. The molecule has 0 unspecified atom stereocenters. The molecular formula is C22H19N3O6S. The number of furan rings is 1. The van der Waals surface area contributed by atoms with Crippen LogP contribution >= 0.6 is 0 Å². The number of benzene rings is 1. The molecule has 164 valence electrons. The van der Waals surface area contributed by atoms with Crippen LogP contribution < -0.4 is 14.8 Å². The topological polar surface area (TPSA) is 121 Å². The lowest BCUT2D eigenvalue weighted by atomic mass is 10.3. The maximum atomic E-state index is 13.0. The van der Waals surface area contributed by atoms with Gasteiger partial charge in [-0.05, 0) is 36.4 Å². The van der Waals surface area contributed by atoms with E-state index >= 15 is 0 Å². The van der Waals surface area contributed by atoms with Crippen LogP contribution in [0.1, 0.15) is 16.2 Å². The van der Waals surface area contributed by atoms with E-state index in [-0.39, 0.29) is 22.1 Å². The van der Waals surface area contributed by atoms with Gasteiger partial charge in [-0.1, -0.05) is 0 Å². The molecule has 0 saturated carbocycles. The second kappa shape index (κ2) is 8.67. The molecule has 0 spiro atoms. The van der Waals surface area contributed by atoms with E-state index in [9.17, 15) is 13.2 Å². The van der Waals surface area contributed by atoms with Gasteiger partial charge in [-0.25, -0.2) is 8.42 Å². The van der Waals surface area contributed by atoms with Crippen LogP contribution in [0.2, 0.25) is 0 Å². The predicted octanol–water partition coefficient (Wildman–Crippen LogP) is 3.00. The van der Waals surface area contributed by atoms with E-state index in [0.29, 0.717) is 22.8 Å². The van der Waals surface area contributed by atoms with Crippen LogP contribution in [0.25, 0.3) is 11.0 Å². The molecule has 4 rings (SSSR count). The van der Waals surface area contributed by atoms with Gasteiger partial charge in [-0.3, -0.25) is 14.8 Å². The summed E-state index contributed by atoms with van der Waals surface area (Å²) in [5, 5.41) is 3.47. The minimum absolute atomic E-state index is 0.00710. The molecule has 32 heavy (non-hydrogen) atoms. The number of amides is 1. The fraction of sp³-hybridized carbons (Fsp3) is 0.136. The monoisotopic (exact) mass is 453 g/mol. The molecule has 0 saturated heterocycles.